The second-order valence-corrected chi connectivity index (χ2v) is 4.59. The Morgan fingerprint density at radius 3 is 2.85 bits per heavy atom. The summed E-state index contributed by atoms with van der Waals surface area (Å²) in [5, 5.41) is 9.56. The summed E-state index contributed by atoms with van der Waals surface area (Å²) in [6, 6.07) is 7.02. The summed E-state index contributed by atoms with van der Waals surface area (Å²) >= 11 is 6.01. The topological polar surface area (TPSA) is 79.9 Å². The van der Waals surface area contributed by atoms with Crippen LogP contribution in [0.3, 0.4) is 0 Å². The van der Waals surface area contributed by atoms with Gasteiger partial charge in [0.1, 0.15) is 11.6 Å². The van der Waals surface area contributed by atoms with E-state index < -0.39 is 6.10 Å². The molecule has 7 heteroatoms. The van der Waals surface area contributed by atoms with Gasteiger partial charge in [-0.25, -0.2) is 0 Å². The maximum atomic E-state index is 12.1. The highest BCUT2D eigenvalue weighted by atomic mass is 35.5. The van der Waals surface area contributed by atoms with Gasteiger partial charge in [-0.15, -0.1) is 5.10 Å². The van der Waals surface area contributed by atoms with E-state index in [0.717, 1.165) is 0 Å². The van der Waals surface area contributed by atoms with E-state index in [1.54, 1.807) is 31.2 Å². The van der Waals surface area contributed by atoms with Crippen LogP contribution in [0.25, 0.3) is 0 Å². The number of halogens is 1. The Kier molecular flexibility index (Phi) is 4.57. The molecule has 2 N–H and O–H groups in total. The molecule has 1 aromatic heterocycles. The molecule has 1 amide bonds. The first-order valence-corrected chi connectivity index (χ1v) is 6.59. The van der Waals surface area contributed by atoms with Crippen LogP contribution in [0.5, 0.6) is 5.75 Å². The molecular weight excluding hydrogens is 280 g/mol. The highest BCUT2D eigenvalue weighted by Gasteiger charge is 2.20. The van der Waals surface area contributed by atoms with Crippen LogP contribution in [0, 0.1) is 6.92 Å². The lowest BCUT2D eigenvalue weighted by molar-refractivity contribution is -0.122. The fourth-order valence-electron chi connectivity index (χ4n) is 1.61. The van der Waals surface area contributed by atoms with Crippen LogP contribution in [0.15, 0.2) is 24.3 Å². The number of H-pyrrole nitrogens is 1. The lowest BCUT2D eigenvalue weighted by atomic mass is 10.2. The van der Waals surface area contributed by atoms with Crippen LogP contribution in [0.4, 0.5) is 5.95 Å². The van der Waals surface area contributed by atoms with Gasteiger partial charge in [0.15, 0.2) is 6.10 Å². The molecule has 6 nitrogen and oxygen atoms in total. The first kappa shape index (κ1) is 14.3. The van der Waals surface area contributed by atoms with Crippen LogP contribution in [0.2, 0.25) is 5.02 Å². The molecule has 0 fully saturated rings. The van der Waals surface area contributed by atoms with Crippen molar-refractivity contribution in [3.63, 3.8) is 0 Å². The second kappa shape index (κ2) is 6.38. The average Bonchev–Trinajstić information content (AvgIpc) is 2.83. The van der Waals surface area contributed by atoms with Crippen LogP contribution < -0.4 is 10.1 Å². The maximum Gasteiger partial charge on any atom is 0.267 e. The molecule has 1 aromatic carbocycles. The number of aryl methyl sites for hydroxylation is 1. The minimum atomic E-state index is -0.659. The number of aromatic nitrogens is 3. The van der Waals surface area contributed by atoms with Gasteiger partial charge >= 0.3 is 0 Å². The maximum absolute atomic E-state index is 12.1. The van der Waals surface area contributed by atoms with E-state index in [1.807, 2.05) is 6.92 Å². The van der Waals surface area contributed by atoms with E-state index >= 15 is 0 Å². The van der Waals surface area contributed by atoms with Crippen LogP contribution in [0.1, 0.15) is 19.2 Å². The number of amides is 1. The van der Waals surface area contributed by atoms with Crippen molar-refractivity contribution in [2.45, 2.75) is 26.4 Å². The number of aromatic amines is 1. The van der Waals surface area contributed by atoms with Gasteiger partial charge in [0.05, 0.1) is 5.02 Å². The van der Waals surface area contributed by atoms with E-state index in [2.05, 4.69) is 20.5 Å². The van der Waals surface area contributed by atoms with Crippen molar-refractivity contribution < 1.29 is 9.53 Å². The summed E-state index contributed by atoms with van der Waals surface area (Å²) in [5.41, 5.74) is 0. The summed E-state index contributed by atoms with van der Waals surface area (Å²) in [7, 11) is 0. The Labute approximate surface area is 121 Å². The summed E-state index contributed by atoms with van der Waals surface area (Å²) in [6.45, 7) is 3.60. The second-order valence-electron chi connectivity index (χ2n) is 4.18. The van der Waals surface area contributed by atoms with Crippen molar-refractivity contribution in [2.75, 3.05) is 5.32 Å². The molecule has 1 heterocycles. The smallest absolute Gasteiger partial charge is 0.267 e. The quantitative estimate of drug-likeness (QED) is 0.888. The number of carbonyl (C=O) groups is 1. The Balaban J connectivity index is 2.04. The van der Waals surface area contributed by atoms with Gasteiger partial charge in [-0.1, -0.05) is 30.7 Å². The number of nitrogens with one attached hydrogen (secondary N) is 2. The molecule has 2 aromatic rings. The zero-order chi connectivity index (χ0) is 14.5. The molecule has 0 bridgehead atoms. The van der Waals surface area contributed by atoms with Gasteiger partial charge in [0.2, 0.25) is 5.95 Å². The largest absolute Gasteiger partial charge is 0.479 e. The van der Waals surface area contributed by atoms with Gasteiger partial charge in [-0.05, 0) is 25.5 Å². The lowest BCUT2D eigenvalue weighted by Gasteiger charge is -2.16. The molecule has 106 valence electrons. The third-order valence-electron chi connectivity index (χ3n) is 2.60. The van der Waals surface area contributed by atoms with E-state index in [1.165, 1.54) is 0 Å². The number of hydrogen-bond donors (Lipinski definition) is 2. The third kappa shape index (κ3) is 3.48. The van der Waals surface area contributed by atoms with Crippen molar-refractivity contribution in [3.8, 4) is 5.75 Å². The van der Waals surface area contributed by atoms with Crippen molar-refractivity contribution in [1.82, 2.24) is 15.2 Å². The summed E-state index contributed by atoms with van der Waals surface area (Å²) < 4.78 is 5.63. The normalized spacial score (nSPS) is 11.9. The fourth-order valence-corrected chi connectivity index (χ4v) is 1.79. The highest BCUT2D eigenvalue weighted by Crippen LogP contribution is 2.25. The Morgan fingerprint density at radius 2 is 2.25 bits per heavy atom. The molecule has 0 saturated heterocycles. The number of rotatable bonds is 5. The van der Waals surface area contributed by atoms with Crippen LogP contribution in [-0.2, 0) is 4.79 Å². The molecular formula is C13H15ClN4O2. The number of benzene rings is 1. The molecule has 20 heavy (non-hydrogen) atoms. The standard InChI is InChI=1S/C13H15ClN4O2/c1-3-10(20-11-7-5-4-6-9(11)14)12(19)16-13-15-8(2)17-18-13/h4-7,10H,3H2,1-2H3,(H2,15,16,17,18,19)/t10-/m1/s1. The molecule has 0 saturated carbocycles. The van der Waals surface area contributed by atoms with Crippen molar-refractivity contribution >= 4 is 23.5 Å². The van der Waals surface area contributed by atoms with E-state index in [0.29, 0.717) is 23.0 Å². The Hall–Kier alpha value is -2.08. The van der Waals surface area contributed by atoms with Gasteiger partial charge < -0.3 is 4.74 Å². The number of para-hydroxylation sites is 1. The molecule has 0 aliphatic rings. The summed E-state index contributed by atoms with van der Waals surface area (Å²) in [6.07, 6.45) is -0.158. The predicted molar refractivity (Wildman–Crippen MR) is 75.9 cm³/mol. The predicted octanol–water partition coefficient (Wildman–Crippen LogP) is 2.56. The van der Waals surface area contributed by atoms with E-state index in [-0.39, 0.29) is 11.9 Å². The van der Waals surface area contributed by atoms with Crippen molar-refractivity contribution in [1.29, 1.82) is 0 Å². The molecule has 0 radical (unpaired) electrons. The highest BCUT2D eigenvalue weighted by molar-refractivity contribution is 6.32. The number of carbonyl (C=O) groups excluding carboxylic acids is 1. The van der Waals surface area contributed by atoms with E-state index in [9.17, 15) is 4.79 Å². The van der Waals surface area contributed by atoms with Gasteiger partial charge in [-0.3, -0.25) is 15.2 Å². The van der Waals surface area contributed by atoms with Crippen molar-refractivity contribution in [2.24, 2.45) is 0 Å². The van der Waals surface area contributed by atoms with Gasteiger partial charge in [0, 0.05) is 0 Å². The summed E-state index contributed by atoms with van der Waals surface area (Å²) in [4.78, 5) is 16.1. The first-order chi connectivity index (χ1) is 9.60. The van der Waals surface area contributed by atoms with Gasteiger partial charge in [0.25, 0.3) is 5.91 Å². The minimum Gasteiger partial charge on any atom is -0.479 e. The van der Waals surface area contributed by atoms with Crippen molar-refractivity contribution in [3.05, 3.63) is 35.1 Å². The molecule has 0 spiro atoms. The third-order valence-corrected chi connectivity index (χ3v) is 2.91. The first-order valence-electron chi connectivity index (χ1n) is 6.21. The monoisotopic (exact) mass is 294 g/mol. The number of nitrogens with zero attached hydrogens (tertiary/aromatic N) is 2. The Morgan fingerprint density at radius 1 is 1.50 bits per heavy atom. The van der Waals surface area contributed by atoms with E-state index in [4.69, 9.17) is 16.3 Å². The number of anilines is 1. The molecule has 0 aliphatic heterocycles. The summed E-state index contributed by atoms with van der Waals surface area (Å²) in [5.74, 6) is 1.02. The zero-order valence-corrected chi connectivity index (χ0v) is 11.9. The zero-order valence-electron chi connectivity index (χ0n) is 11.2. The fraction of sp³-hybridized carbons (Fsp3) is 0.308. The molecule has 1 atom stereocenters. The Bertz CT molecular complexity index is 600. The lowest BCUT2D eigenvalue weighted by Crippen LogP contribution is -2.32. The van der Waals surface area contributed by atoms with Gasteiger partial charge in [-0.2, -0.15) is 4.98 Å². The minimum absolute atomic E-state index is 0.230. The van der Waals surface area contributed by atoms with Crippen LogP contribution in [-0.4, -0.2) is 27.2 Å². The van der Waals surface area contributed by atoms with Crippen LogP contribution >= 0.6 is 11.6 Å². The number of hydrogen-bond acceptors (Lipinski definition) is 4. The molecule has 0 aliphatic carbocycles. The SMILES string of the molecule is CC[C@@H](Oc1ccccc1Cl)C(=O)Nc1n[nH]c(C)n1. The number of ether oxygens (including phenoxy) is 1. The molecule has 2 rings (SSSR count). The molecule has 0 unspecified atom stereocenters. The average molecular weight is 295 g/mol.